The van der Waals surface area contributed by atoms with Gasteiger partial charge in [-0.3, -0.25) is 29.5 Å². The molecule has 3 radical (unpaired) electrons. The molecule has 2 unspecified atom stereocenters. The molecule has 0 saturated heterocycles. The SMILES string of the molecule is CC(c1c2ncccc2[c-]n1-c1ccccn1)C1(C)CCCC1.CC(c1cn(-c2cnccn2)[c-]n1)C1(C)CCCC1.CCC1(Cc2ccnc(-n3[c-]cc4ncccc43)c2)CCCC1.[C-]#[N+]c1n[c-]n(-c2cc(CC3(C)CCCC3)ccn2)c1[N+]#[C-].[Ir].[Ir].[Pd].[Rh]. The number of hydrogen-bond donors (Lipinski definition) is 0. The minimum Gasteiger partial charge on any atom is -0.427 e. The quantitative estimate of drug-likeness (QED) is 0.0813. The van der Waals surface area contributed by atoms with Crippen LogP contribution in [0.1, 0.15) is 185 Å². The topological polar surface area (TPSA) is 144 Å². The molecule has 4 aliphatic carbocycles. The Labute approximate surface area is 591 Å². The first-order valence-corrected chi connectivity index (χ1v) is 31.4. The van der Waals surface area contributed by atoms with Gasteiger partial charge in [-0.25, -0.2) is 0 Å². The molecule has 10 aromatic rings. The van der Waals surface area contributed by atoms with Gasteiger partial charge in [0, 0.05) is 136 Å². The average molecular weight is 1750 g/mol. The number of nitrogens with zero attached hydrogens (tertiary/aromatic N) is 15. The molecule has 0 bridgehead atoms. The number of imidazole rings is 2. The van der Waals surface area contributed by atoms with Gasteiger partial charge in [-0.2, -0.15) is 0 Å². The summed E-state index contributed by atoms with van der Waals surface area (Å²) < 4.78 is 7.45. The molecular formula is C72H79Ir2N15PdRh-4. The predicted octanol–water partition coefficient (Wildman–Crippen LogP) is 17.1. The Morgan fingerprint density at radius 1 is 0.582 bits per heavy atom. The Bertz CT molecular complexity index is 3990. The molecule has 10 aromatic heterocycles. The van der Waals surface area contributed by atoms with Gasteiger partial charge < -0.3 is 38.3 Å². The molecule has 0 amide bonds. The van der Waals surface area contributed by atoms with Crippen LogP contribution in [-0.4, -0.2) is 63.1 Å². The summed E-state index contributed by atoms with van der Waals surface area (Å²) in [7, 11) is 0. The second-order valence-corrected chi connectivity index (χ2v) is 25.7. The summed E-state index contributed by atoms with van der Waals surface area (Å²) in [6, 6.07) is 24.4. The van der Waals surface area contributed by atoms with Crippen LogP contribution >= 0.6 is 0 Å². The molecule has 19 heteroatoms. The van der Waals surface area contributed by atoms with Crippen LogP contribution in [0.25, 0.3) is 54.9 Å². The summed E-state index contributed by atoms with van der Waals surface area (Å²) in [4.78, 5) is 45.7. The fourth-order valence-electron chi connectivity index (χ4n) is 14.2. The van der Waals surface area contributed by atoms with Crippen molar-refractivity contribution in [3.05, 3.63) is 199 Å². The Morgan fingerprint density at radius 2 is 1.19 bits per heavy atom. The van der Waals surface area contributed by atoms with Crippen molar-refractivity contribution >= 4 is 33.6 Å². The molecule has 15 nitrogen and oxygen atoms in total. The number of hydrogen-bond acceptors (Lipinski definition) is 9. The van der Waals surface area contributed by atoms with Crippen molar-refractivity contribution in [3.63, 3.8) is 0 Å². The monoisotopic (exact) mass is 1750 g/mol. The first-order valence-electron chi connectivity index (χ1n) is 31.4. The molecule has 2 atom stereocenters. The molecular weight excluding hydrogens is 1670 g/mol. The molecule has 0 spiro atoms. The van der Waals surface area contributed by atoms with Crippen LogP contribution in [0.15, 0.2) is 129 Å². The van der Waals surface area contributed by atoms with Crippen LogP contribution in [0.2, 0.25) is 0 Å². The first kappa shape index (κ1) is 72.3. The van der Waals surface area contributed by atoms with Crippen LogP contribution in [-0.2, 0) is 93.0 Å². The van der Waals surface area contributed by atoms with Crippen LogP contribution in [0.5, 0.6) is 0 Å². The van der Waals surface area contributed by atoms with Crippen LogP contribution < -0.4 is 0 Å². The molecule has 0 aliphatic heterocycles. The first-order chi connectivity index (χ1) is 42.3. The molecule has 10 heterocycles. The van der Waals surface area contributed by atoms with Crippen molar-refractivity contribution in [1.29, 1.82) is 0 Å². The van der Waals surface area contributed by atoms with E-state index in [4.69, 9.17) is 13.1 Å². The third kappa shape index (κ3) is 16.6. The van der Waals surface area contributed by atoms with E-state index < -0.39 is 0 Å². The number of fused-ring (bicyclic) bond motifs is 2. The molecule has 4 saturated carbocycles. The van der Waals surface area contributed by atoms with E-state index in [1.807, 2.05) is 88.6 Å². The van der Waals surface area contributed by atoms with Crippen molar-refractivity contribution < 1.29 is 80.1 Å². The van der Waals surface area contributed by atoms with Gasteiger partial charge in [0.25, 0.3) is 12.1 Å². The normalized spacial score (nSPS) is 16.9. The van der Waals surface area contributed by atoms with Crippen molar-refractivity contribution in [2.75, 3.05) is 0 Å². The number of pyridine rings is 5. The summed E-state index contributed by atoms with van der Waals surface area (Å²) in [5.41, 5.74) is 9.62. The fraction of sp³-hybridized carbons (Fsp3) is 0.431. The zero-order valence-electron chi connectivity index (χ0n) is 52.7. The molecule has 4 fully saturated rings. The van der Waals surface area contributed by atoms with Gasteiger partial charge >= 0.3 is 5.82 Å². The molecule has 483 valence electrons. The second kappa shape index (κ2) is 32.6. The number of aromatic nitrogens is 13. The minimum atomic E-state index is 0. The maximum absolute atomic E-state index is 7.23. The van der Waals surface area contributed by atoms with E-state index in [1.165, 1.54) is 131 Å². The third-order valence-corrected chi connectivity index (χ3v) is 20.0. The fourth-order valence-corrected chi connectivity index (χ4v) is 14.2. The van der Waals surface area contributed by atoms with Gasteiger partial charge in [-0.15, -0.1) is 12.1 Å². The molecule has 14 rings (SSSR count). The van der Waals surface area contributed by atoms with E-state index in [2.05, 4.69) is 150 Å². The van der Waals surface area contributed by atoms with Crippen LogP contribution in [0.3, 0.4) is 0 Å². The largest absolute Gasteiger partial charge is 0.427 e. The Balaban J connectivity index is 0.000000170. The van der Waals surface area contributed by atoms with E-state index in [1.54, 1.807) is 24.8 Å². The third-order valence-electron chi connectivity index (χ3n) is 20.0. The predicted molar refractivity (Wildman–Crippen MR) is 341 cm³/mol. The van der Waals surface area contributed by atoms with Gasteiger partial charge in [0.2, 0.25) is 0 Å². The zero-order valence-corrected chi connectivity index (χ0v) is 60.7. The van der Waals surface area contributed by atoms with Crippen molar-refractivity contribution in [1.82, 2.24) is 63.1 Å². The second-order valence-electron chi connectivity index (χ2n) is 25.7. The summed E-state index contributed by atoms with van der Waals surface area (Å²) in [5, 5.41) is 1.07. The zero-order chi connectivity index (χ0) is 60.4. The molecule has 0 aromatic carbocycles. The Hall–Kier alpha value is -6.11. The summed E-state index contributed by atoms with van der Waals surface area (Å²) in [6.07, 6.45) is 53.4. The smallest absolute Gasteiger partial charge is 0.353 e. The van der Waals surface area contributed by atoms with E-state index in [0.29, 0.717) is 39.3 Å². The van der Waals surface area contributed by atoms with E-state index in [0.717, 1.165) is 57.9 Å². The summed E-state index contributed by atoms with van der Waals surface area (Å²) >= 11 is 0. The van der Waals surface area contributed by atoms with E-state index in [9.17, 15) is 0 Å². The van der Waals surface area contributed by atoms with Crippen LogP contribution in [0.4, 0.5) is 11.6 Å². The summed E-state index contributed by atoms with van der Waals surface area (Å²) in [6.45, 7) is 28.4. The van der Waals surface area contributed by atoms with E-state index in [-0.39, 0.29) is 91.7 Å². The standard InChI is InChI=1S/2C20H22N3.C17H16N5.C15H19N4.2Ir.Pd.Rh/c1-15(20(2)10-4-5-11-20)19-18-16(8-7-13-22-18)14-23(19)17-9-3-6-12-21-17;1-2-20(9-3-4-10-20)15-16-7-12-22-19(14-16)23-13-8-17-18(23)6-5-11-21-17;1-17(7-4-5-8-17)11-13-6-9-20-14(10-13)22-12-21-15(18-2)16(22)19-3;1-12(15(2)5-3-4-6-15)13-10-19(11-18-13)14-9-16-7-8-17-14;;;;/h3,6-9,12-13,15H,4-5,10-11H2,1-2H3;5-8,11-12,14H,2-4,9-10,15H2,1H3;6,9-10H,4-5,7-8,11H2,1H3;7-10,12H,3-6H2,1-2H3;;;;/q4*-1;;;;. The molecule has 4 aliphatic rings. The van der Waals surface area contributed by atoms with E-state index >= 15 is 0 Å². The van der Waals surface area contributed by atoms with Crippen molar-refractivity contribution in [2.24, 2.45) is 21.7 Å². The van der Waals surface area contributed by atoms with Crippen molar-refractivity contribution in [3.8, 4) is 23.3 Å². The average Bonchev–Trinajstić information content (AvgIpc) is 1.71. The molecule has 0 N–H and O–H groups in total. The molecule has 91 heavy (non-hydrogen) atoms. The maximum Gasteiger partial charge on any atom is 0.353 e. The summed E-state index contributed by atoms with van der Waals surface area (Å²) in [5.74, 6) is 4.37. The van der Waals surface area contributed by atoms with Gasteiger partial charge in [-0.1, -0.05) is 188 Å². The minimum absolute atomic E-state index is 0. The van der Waals surface area contributed by atoms with Gasteiger partial charge in [0.1, 0.15) is 5.82 Å². The van der Waals surface area contributed by atoms with Gasteiger partial charge in [0.15, 0.2) is 0 Å². The Morgan fingerprint density at radius 3 is 1.82 bits per heavy atom. The number of rotatable bonds is 13. The maximum atomic E-state index is 7.23. The van der Waals surface area contributed by atoms with Gasteiger partial charge in [-0.05, 0) is 150 Å². The van der Waals surface area contributed by atoms with Gasteiger partial charge in [0.05, 0.1) is 17.5 Å². The van der Waals surface area contributed by atoms with Crippen LogP contribution in [0, 0.1) is 59.9 Å². The Kier molecular flexibility index (Phi) is 25.9. The van der Waals surface area contributed by atoms with Crippen molar-refractivity contribution in [2.45, 2.75) is 175 Å².